The number of fused-ring (bicyclic) bond motifs is 10. The van der Waals surface area contributed by atoms with Crippen molar-refractivity contribution in [3.05, 3.63) is 157 Å². The van der Waals surface area contributed by atoms with Crippen LogP contribution in [0.25, 0.3) is 88.1 Å². The van der Waals surface area contributed by atoms with Crippen molar-refractivity contribution < 1.29 is 29.1 Å². The molecule has 0 saturated heterocycles. The summed E-state index contributed by atoms with van der Waals surface area (Å²) in [5.41, 5.74) is 1.60. The third-order valence-electron chi connectivity index (χ3n) is 8.08. The number of hydrogen-bond donors (Lipinski definition) is 0. The summed E-state index contributed by atoms with van der Waals surface area (Å²) >= 11 is 0. The van der Waals surface area contributed by atoms with Crippen molar-refractivity contribution in [3.8, 4) is 22.5 Å². The molecule has 3 aromatic heterocycles. The van der Waals surface area contributed by atoms with E-state index in [-0.39, 0.29) is 65.6 Å². The van der Waals surface area contributed by atoms with Crippen LogP contribution in [0.15, 0.2) is 162 Å². The summed E-state index contributed by atoms with van der Waals surface area (Å²) in [6, 6.07) is 4.55. The van der Waals surface area contributed by atoms with Gasteiger partial charge in [0.15, 0.2) is 5.58 Å². The van der Waals surface area contributed by atoms with Crippen LogP contribution < -0.4 is 0 Å². The standard InChI is InChI=1S/C42H26N2O/c1-5-13-37-31(9-1)32-10-2-6-14-38(32)43(37)29-21-17-27(18-22-29)28-19-23-30(24-20-28)44-39-15-7-3-11-33(39)35-25-26-36-34-12-4-8-16-40(34)45-42(36)41(35)44/h1-26H/i1D,2D,3D,4D,5D,6D,7D,8D,9D,10D,11D,12D,13D,14D,15D,16D,25D,26D. The third-order valence-corrected chi connectivity index (χ3v) is 8.08. The van der Waals surface area contributed by atoms with Crippen molar-refractivity contribution in [1.82, 2.24) is 9.13 Å². The van der Waals surface area contributed by atoms with Gasteiger partial charge in [-0.1, -0.05) is 103 Å². The Morgan fingerprint density at radius 2 is 0.844 bits per heavy atom. The Labute approximate surface area is 284 Å². The molecule has 3 nitrogen and oxygen atoms in total. The molecule has 0 radical (unpaired) electrons. The quantitative estimate of drug-likeness (QED) is 0.200. The molecule has 0 aliphatic heterocycles. The minimum atomic E-state index is -0.569. The molecule has 3 heterocycles. The second-order valence-corrected chi connectivity index (χ2v) is 10.4. The Morgan fingerprint density at radius 1 is 0.400 bits per heavy atom. The number of benzene rings is 7. The molecule has 0 atom stereocenters. The van der Waals surface area contributed by atoms with Crippen LogP contribution in [0.4, 0.5) is 0 Å². The number of para-hydroxylation sites is 4. The molecule has 45 heavy (non-hydrogen) atoms. The molecule has 10 rings (SSSR count). The Bertz CT molecular complexity index is 3680. The van der Waals surface area contributed by atoms with E-state index in [9.17, 15) is 1.37 Å². The van der Waals surface area contributed by atoms with Crippen molar-refractivity contribution in [3.63, 3.8) is 0 Å². The lowest BCUT2D eigenvalue weighted by atomic mass is 10.0. The minimum Gasteiger partial charge on any atom is -0.454 e. The minimum absolute atomic E-state index is 0.0191. The van der Waals surface area contributed by atoms with E-state index < -0.39 is 109 Å². The highest BCUT2D eigenvalue weighted by Crippen LogP contribution is 2.40. The van der Waals surface area contributed by atoms with Gasteiger partial charge in [0.25, 0.3) is 0 Å². The lowest BCUT2D eigenvalue weighted by Gasteiger charge is -2.11. The van der Waals surface area contributed by atoms with Gasteiger partial charge in [-0.2, -0.15) is 0 Å². The number of furan rings is 1. The Balaban J connectivity index is 1.19. The summed E-state index contributed by atoms with van der Waals surface area (Å²) in [6.07, 6.45) is 0. The zero-order chi connectivity index (χ0) is 45.1. The van der Waals surface area contributed by atoms with Crippen LogP contribution in [0.1, 0.15) is 24.7 Å². The largest absolute Gasteiger partial charge is 0.454 e. The lowest BCUT2D eigenvalue weighted by Crippen LogP contribution is -1.95. The fourth-order valence-electron chi connectivity index (χ4n) is 6.11. The van der Waals surface area contributed by atoms with Gasteiger partial charge < -0.3 is 13.6 Å². The van der Waals surface area contributed by atoms with E-state index in [1.807, 2.05) is 0 Å². The van der Waals surface area contributed by atoms with Crippen LogP contribution in [0.2, 0.25) is 0 Å². The van der Waals surface area contributed by atoms with E-state index in [2.05, 4.69) is 0 Å². The van der Waals surface area contributed by atoms with Crippen LogP contribution in [0.5, 0.6) is 0 Å². The van der Waals surface area contributed by atoms with Crippen molar-refractivity contribution in [2.75, 3.05) is 0 Å². The molecule has 0 fully saturated rings. The highest BCUT2D eigenvalue weighted by atomic mass is 16.3. The molecular formula is C42H26N2O. The molecule has 0 saturated carbocycles. The lowest BCUT2D eigenvalue weighted by molar-refractivity contribution is 0.671. The van der Waals surface area contributed by atoms with Gasteiger partial charge in [-0.3, -0.25) is 0 Å². The van der Waals surface area contributed by atoms with Crippen LogP contribution in [0.3, 0.4) is 0 Å². The zero-order valence-electron chi connectivity index (χ0n) is 40.9. The fourth-order valence-corrected chi connectivity index (χ4v) is 6.11. The van der Waals surface area contributed by atoms with E-state index in [1.165, 1.54) is 9.13 Å². The van der Waals surface area contributed by atoms with Gasteiger partial charge in [-0.05, 0) is 65.6 Å². The summed E-state index contributed by atoms with van der Waals surface area (Å²) in [4.78, 5) is 0. The molecule has 10 aromatic rings. The second kappa shape index (κ2) is 9.22. The Kier molecular flexibility index (Phi) is 2.64. The highest BCUT2D eigenvalue weighted by Gasteiger charge is 2.19. The van der Waals surface area contributed by atoms with E-state index in [1.54, 1.807) is 48.5 Å². The topological polar surface area (TPSA) is 23.0 Å². The molecular weight excluding hydrogens is 548 g/mol. The maximum atomic E-state index is 9.18. The molecule has 0 aliphatic carbocycles. The number of hydrogen-bond acceptors (Lipinski definition) is 1. The van der Waals surface area contributed by atoms with Crippen molar-refractivity contribution in [2.24, 2.45) is 0 Å². The van der Waals surface area contributed by atoms with Crippen molar-refractivity contribution in [1.29, 1.82) is 0 Å². The normalized spacial score (nSPS) is 17.6. The van der Waals surface area contributed by atoms with Gasteiger partial charge in [0.1, 0.15) is 5.58 Å². The van der Waals surface area contributed by atoms with Gasteiger partial charge in [0.05, 0.1) is 46.7 Å². The van der Waals surface area contributed by atoms with Gasteiger partial charge in [0.2, 0.25) is 0 Å². The second-order valence-electron chi connectivity index (χ2n) is 10.4. The molecule has 3 heteroatoms. The molecule has 0 amide bonds. The number of nitrogens with zero attached hydrogens (tertiary/aromatic N) is 2. The van der Waals surface area contributed by atoms with Crippen molar-refractivity contribution in [2.45, 2.75) is 0 Å². The molecule has 210 valence electrons. The average Bonchev–Trinajstić information content (AvgIpc) is 3.98. The molecule has 0 N–H and O–H groups in total. The van der Waals surface area contributed by atoms with Crippen LogP contribution in [0, 0.1) is 0 Å². The van der Waals surface area contributed by atoms with Crippen molar-refractivity contribution >= 4 is 65.6 Å². The third kappa shape index (κ3) is 3.46. The first-order valence-electron chi connectivity index (χ1n) is 22.9. The maximum absolute atomic E-state index is 9.18. The number of rotatable bonds is 3. The van der Waals surface area contributed by atoms with E-state index in [0.717, 1.165) is 0 Å². The smallest absolute Gasteiger partial charge is 0.160 e. The SMILES string of the molecule is [2H]c1c([2H])c([2H])c2c(oc3c2c([2H])c([2H])c2c4c([2H])c([2H])c([2H])c([2H])c4n(-c4ccc(-c5ccc(-n6c7c([2H])c([2H])c([2H])c([2H])c7c7c([2H])c([2H])c([2H])c([2H])c76)cc5)cc4)c32)c1[2H]. The van der Waals surface area contributed by atoms with Gasteiger partial charge >= 0.3 is 0 Å². The summed E-state index contributed by atoms with van der Waals surface area (Å²) in [6.45, 7) is 0. The Morgan fingerprint density at radius 3 is 1.44 bits per heavy atom. The summed E-state index contributed by atoms with van der Waals surface area (Å²) in [7, 11) is 0. The van der Waals surface area contributed by atoms with E-state index in [4.69, 9.17) is 27.7 Å². The van der Waals surface area contributed by atoms with Crippen LogP contribution in [-0.4, -0.2) is 9.13 Å². The first-order chi connectivity index (χ1) is 29.8. The molecule has 0 spiro atoms. The highest BCUT2D eigenvalue weighted by molar-refractivity contribution is 6.21. The first kappa shape index (κ1) is 12.9. The predicted octanol–water partition coefficient (Wildman–Crippen LogP) is 11.4. The fraction of sp³-hybridized carbons (Fsp3) is 0. The Hall–Kier alpha value is -6.06. The van der Waals surface area contributed by atoms with E-state index in [0.29, 0.717) is 22.5 Å². The predicted molar refractivity (Wildman–Crippen MR) is 188 cm³/mol. The number of aromatic nitrogens is 2. The molecule has 0 aliphatic rings. The summed E-state index contributed by atoms with van der Waals surface area (Å²) < 4.78 is 164. The van der Waals surface area contributed by atoms with Gasteiger partial charge in [-0.25, -0.2) is 0 Å². The van der Waals surface area contributed by atoms with Gasteiger partial charge in [-0.15, -0.1) is 0 Å². The molecule has 0 bridgehead atoms. The average molecular weight is 593 g/mol. The summed E-state index contributed by atoms with van der Waals surface area (Å²) in [5.74, 6) is 0. The van der Waals surface area contributed by atoms with Gasteiger partial charge in [0, 0.05) is 43.7 Å². The molecule has 7 aromatic carbocycles. The monoisotopic (exact) mass is 592 g/mol. The first-order valence-corrected chi connectivity index (χ1v) is 13.9. The zero-order valence-corrected chi connectivity index (χ0v) is 22.9. The van der Waals surface area contributed by atoms with Crippen LogP contribution in [-0.2, 0) is 0 Å². The summed E-state index contributed by atoms with van der Waals surface area (Å²) in [5, 5.41) is -0.389. The van der Waals surface area contributed by atoms with E-state index >= 15 is 0 Å². The molecule has 0 unspecified atom stereocenters. The maximum Gasteiger partial charge on any atom is 0.160 e. The van der Waals surface area contributed by atoms with Crippen LogP contribution >= 0.6 is 0 Å².